The van der Waals surface area contributed by atoms with Crippen LogP contribution in [0.1, 0.15) is 175 Å². The third kappa shape index (κ3) is 50.2. The molecule has 0 heterocycles. The van der Waals surface area contributed by atoms with Gasteiger partial charge in [0.25, 0.3) is 0 Å². The van der Waals surface area contributed by atoms with E-state index >= 15 is 0 Å². The van der Waals surface area contributed by atoms with Crippen LogP contribution in [0.15, 0.2) is 158 Å². The Morgan fingerprint density at radius 1 is 0.359 bits per heavy atom. The molecule has 0 aliphatic carbocycles. The van der Waals surface area contributed by atoms with Gasteiger partial charge in [-0.05, 0) is 122 Å². The predicted octanol–water partition coefficient (Wildman–Crippen LogP) is 17.1. The summed E-state index contributed by atoms with van der Waals surface area (Å²) in [5.74, 6) is -0.619. The van der Waals surface area contributed by atoms with Crippen LogP contribution < -0.4 is 0 Å². The number of allylic oxidation sites excluding steroid dienone is 25. The fraction of sp³-hybridized carbons (Fsp3) is 0.525. The lowest BCUT2D eigenvalue weighted by Crippen LogP contribution is -2.30. The Hall–Kier alpha value is -4.48. The molecule has 1 atom stereocenters. The highest BCUT2D eigenvalue weighted by Gasteiger charge is 2.17. The van der Waals surface area contributed by atoms with Gasteiger partial charge in [0.05, 0.1) is 13.0 Å². The molecule has 0 fully saturated rings. The largest absolute Gasteiger partial charge is 0.461 e. The van der Waals surface area contributed by atoms with Crippen molar-refractivity contribution in [3.63, 3.8) is 0 Å². The van der Waals surface area contributed by atoms with Crippen LogP contribution in [-0.4, -0.2) is 37.9 Å². The molecule has 0 amide bonds. The lowest BCUT2D eigenvalue weighted by atomic mass is 10.1. The first-order valence-electron chi connectivity index (χ1n) is 25.0. The van der Waals surface area contributed by atoms with E-state index < -0.39 is 6.10 Å². The van der Waals surface area contributed by atoms with Crippen molar-refractivity contribution in [2.75, 3.05) is 19.8 Å². The highest BCUT2D eigenvalue weighted by atomic mass is 16.6. The summed E-state index contributed by atoms with van der Waals surface area (Å²) in [5.41, 5.74) is 0. The molecule has 0 rings (SSSR count). The van der Waals surface area contributed by atoms with Gasteiger partial charge in [-0.3, -0.25) is 9.59 Å². The van der Waals surface area contributed by atoms with Crippen LogP contribution >= 0.6 is 0 Å². The molecule has 0 aliphatic rings. The predicted molar refractivity (Wildman–Crippen MR) is 278 cm³/mol. The summed E-state index contributed by atoms with van der Waals surface area (Å²) in [6.07, 6.45) is 78.5. The van der Waals surface area contributed by atoms with Crippen molar-refractivity contribution in [3.8, 4) is 0 Å². The van der Waals surface area contributed by atoms with Crippen molar-refractivity contribution in [1.29, 1.82) is 0 Å². The molecule has 5 heteroatoms. The van der Waals surface area contributed by atoms with Gasteiger partial charge in [-0.25, -0.2) is 0 Å². The molecule has 0 saturated carbocycles. The van der Waals surface area contributed by atoms with Crippen LogP contribution in [0.3, 0.4) is 0 Å². The first-order chi connectivity index (χ1) is 31.6. The maximum atomic E-state index is 12.8. The normalized spacial score (nSPS) is 13.6. The van der Waals surface area contributed by atoms with E-state index in [1.807, 2.05) is 12.2 Å². The summed E-state index contributed by atoms with van der Waals surface area (Å²) in [6, 6.07) is 0. The molecule has 0 aromatic heterocycles. The molecule has 0 N–H and O–H groups in total. The molecule has 0 aromatic carbocycles. The quantitative estimate of drug-likeness (QED) is 0.0347. The Labute approximate surface area is 393 Å². The summed E-state index contributed by atoms with van der Waals surface area (Å²) in [5, 5.41) is 0. The molecule has 0 aliphatic heterocycles. The standard InChI is InChI=1S/C59H90O5/c1-4-7-10-13-16-19-22-25-28-29-30-33-36-39-42-45-48-51-54-62-55-57(64-59(61)53-50-47-44-41-38-35-32-27-24-21-18-15-12-9-6-3)56-63-58(60)52-49-46-43-40-37-34-31-26-23-20-17-14-11-8-5-2/h7-12,16-21,25-28,30-33,37-38,40-41,46,49,57H,4-6,13-15,22-24,29,34-36,39,42-45,47-48,50-56H2,1-3H3/b10-7-,11-8-,12-9-,19-16-,20-17-,21-18-,28-25-,31-26-,32-27-,33-30-,40-37-,41-38-,49-46-. The van der Waals surface area contributed by atoms with E-state index in [1.54, 1.807) is 0 Å². The zero-order valence-corrected chi connectivity index (χ0v) is 40.7. The van der Waals surface area contributed by atoms with Crippen molar-refractivity contribution in [2.24, 2.45) is 0 Å². The fourth-order valence-corrected chi connectivity index (χ4v) is 5.97. The van der Waals surface area contributed by atoms with Crippen LogP contribution in [0.5, 0.6) is 0 Å². The molecule has 0 aromatic rings. The van der Waals surface area contributed by atoms with Crippen LogP contribution in [0, 0.1) is 0 Å². The Morgan fingerprint density at radius 2 is 0.703 bits per heavy atom. The van der Waals surface area contributed by atoms with Crippen LogP contribution in [-0.2, 0) is 23.8 Å². The van der Waals surface area contributed by atoms with Crippen molar-refractivity contribution in [3.05, 3.63) is 158 Å². The third-order valence-corrected chi connectivity index (χ3v) is 9.57. The van der Waals surface area contributed by atoms with Gasteiger partial charge >= 0.3 is 11.9 Å². The van der Waals surface area contributed by atoms with E-state index in [2.05, 4.69) is 167 Å². The number of hydrogen-bond donors (Lipinski definition) is 0. The van der Waals surface area contributed by atoms with Crippen molar-refractivity contribution < 1.29 is 23.8 Å². The average Bonchev–Trinajstić information content (AvgIpc) is 3.30. The minimum Gasteiger partial charge on any atom is -0.461 e. The second-order valence-electron chi connectivity index (χ2n) is 15.6. The first-order valence-corrected chi connectivity index (χ1v) is 25.0. The summed E-state index contributed by atoms with van der Waals surface area (Å²) < 4.78 is 17.2. The Kier molecular flexibility index (Phi) is 49.2. The van der Waals surface area contributed by atoms with Gasteiger partial charge < -0.3 is 14.2 Å². The Morgan fingerprint density at radius 3 is 1.12 bits per heavy atom. The van der Waals surface area contributed by atoms with Crippen LogP contribution in [0.4, 0.5) is 0 Å². The highest BCUT2D eigenvalue weighted by Crippen LogP contribution is 2.09. The minimum atomic E-state index is -0.620. The molecular weight excluding hydrogens is 789 g/mol. The van der Waals surface area contributed by atoms with Gasteiger partial charge in [0.1, 0.15) is 6.61 Å². The summed E-state index contributed by atoms with van der Waals surface area (Å²) >= 11 is 0. The number of unbranched alkanes of at least 4 members (excludes halogenated alkanes) is 7. The van der Waals surface area contributed by atoms with Gasteiger partial charge in [0.2, 0.25) is 0 Å². The topological polar surface area (TPSA) is 61.8 Å². The summed E-state index contributed by atoms with van der Waals surface area (Å²) in [4.78, 5) is 25.3. The van der Waals surface area contributed by atoms with E-state index in [-0.39, 0.29) is 31.6 Å². The zero-order valence-electron chi connectivity index (χ0n) is 40.7. The molecular formula is C59H90O5. The molecule has 0 spiro atoms. The SMILES string of the molecule is CC/C=C\C/C=C\C/C=C\C/C=C\C/C=C\CC(=O)OCC(COCCCCCCC/C=C\C/C=C\C/C=C\C/C=C\CC)OC(=O)CCCC/C=C\C/C=C\C/C=C\C/C=C\CC. The van der Waals surface area contributed by atoms with E-state index in [9.17, 15) is 9.59 Å². The number of esters is 2. The summed E-state index contributed by atoms with van der Waals surface area (Å²) in [6.45, 7) is 7.25. The number of ether oxygens (including phenoxy) is 3. The fourth-order valence-electron chi connectivity index (χ4n) is 5.97. The van der Waals surface area contributed by atoms with E-state index in [0.29, 0.717) is 13.0 Å². The third-order valence-electron chi connectivity index (χ3n) is 9.57. The van der Waals surface area contributed by atoms with Gasteiger partial charge in [0, 0.05) is 13.0 Å². The van der Waals surface area contributed by atoms with Gasteiger partial charge in [-0.15, -0.1) is 0 Å². The molecule has 356 valence electrons. The van der Waals surface area contributed by atoms with Crippen molar-refractivity contribution in [2.45, 2.75) is 181 Å². The van der Waals surface area contributed by atoms with Crippen molar-refractivity contribution in [1.82, 2.24) is 0 Å². The lowest BCUT2D eigenvalue weighted by molar-refractivity contribution is -0.162. The van der Waals surface area contributed by atoms with Gasteiger partial charge in [-0.1, -0.05) is 198 Å². The Balaban J connectivity index is 4.54. The Bertz CT molecular complexity index is 1460. The number of hydrogen-bond acceptors (Lipinski definition) is 5. The van der Waals surface area contributed by atoms with E-state index in [0.717, 1.165) is 122 Å². The van der Waals surface area contributed by atoms with E-state index in [4.69, 9.17) is 14.2 Å². The number of carbonyl (C=O) groups is 2. The van der Waals surface area contributed by atoms with Crippen molar-refractivity contribution >= 4 is 11.9 Å². The first kappa shape index (κ1) is 59.5. The molecule has 0 bridgehead atoms. The van der Waals surface area contributed by atoms with Gasteiger partial charge in [0.15, 0.2) is 6.10 Å². The zero-order chi connectivity index (χ0) is 46.3. The highest BCUT2D eigenvalue weighted by molar-refractivity contribution is 5.71. The number of carbonyl (C=O) groups excluding carboxylic acids is 2. The maximum absolute atomic E-state index is 12.8. The van der Waals surface area contributed by atoms with Crippen LogP contribution in [0.2, 0.25) is 0 Å². The average molecular weight is 879 g/mol. The monoisotopic (exact) mass is 879 g/mol. The second-order valence-corrected chi connectivity index (χ2v) is 15.6. The second kappa shape index (κ2) is 52.9. The molecule has 5 nitrogen and oxygen atoms in total. The number of rotatable bonds is 43. The molecule has 0 radical (unpaired) electrons. The minimum absolute atomic E-state index is 0.00543. The molecule has 64 heavy (non-hydrogen) atoms. The molecule has 1 unspecified atom stereocenters. The van der Waals surface area contributed by atoms with E-state index in [1.165, 1.54) is 19.3 Å². The summed E-state index contributed by atoms with van der Waals surface area (Å²) in [7, 11) is 0. The smallest absolute Gasteiger partial charge is 0.309 e. The maximum Gasteiger partial charge on any atom is 0.309 e. The lowest BCUT2D eigenvalue weighted by Gasteiger charge is -2.18. The van der Waals surface area contributed by atoms with Crippen LogP contribution in [0.25, 0.3) is 0 Å². The molecule has 0 saturated heterocycles. The van der Waals surface area contributed by atoms with Gasteiger partial charge in [-0.2, -0.15) is 0 Å².